The molecular weight excluding hydrogens is 748 g/mol. The van der Waals surface area contributed by atoms with Gasteiger partial charge in [0.1, 0.15) is 83.5 Å². The molecule has 0 radical (unpaired) electrons. The molecule has 4 heterocycles. The molecule has 302 valence electrons. The SMILES string of the molecule is C[C@@H]1O[C@@H](OC[C@H]2O[C@@H](Oc3c(-c4ccc(O)c(O[C@@H]5O[C@H](C(=O)O)[C@@H](O)[C@H](O)[C@H]5O)c4)oc4cc(O)cc(O)c4c3=O)[C@H](O)[C@@H](O)[C@@H]2O)[C@H](O)[C@H](O)[C@H]1O. The van der Waals surface area contributed by atoms with Crippen LogP contribution in [0.2, 0.25) is 0 Å². The Morgan fingerprint density at radius 2 is 1.31 bits per heavy atom. The van der Waals surface area contributed by atoms with Gasteiger partial charge >= 0.3 is 5.97 Å². The Bertz CT molecular complexity index is 1940. The summed E-state index contributed by atoms with van der Waals surface area (Å²) in [5.41, 5.74) is -1.79. The zero-order valence-electron chi connectivity index (χ0n) is 28.2. The molecule has 3 aliphatic heterocycles. The van der Waals surface area contributed by atoms with Crippen molar-refractivity contribution >= 4 is 16.9 Å². The average Bonchev–Trinajstić information content (AvgIpc) is 3.13. The molecule has 2 aromatic carbocycles. The predicted octanol–water partition coefficient (Wildman–Crippen LogP) is -4.12. The van der Waals surface area contributed by atoms with Crippen molar-refractivity contribution in [2.45, 2.75) is 99.0 Å². The van der Waals surface area contributed by atoms with Crippen LogP contribution in [0, 0.1) is 0 Å². The van der Waals surface area contributed by atoms with Gasteiger partial charge in [0.05, 0.1) is 12.7 Å². The van der Waals surface area contributed by atoms with E-state index in [0.29, 0.717) is 0 Å². The topological polar surface area (TPSA) is 366 Å². The first-order valence-corrected chi connectivity index (χ1v) is 16.5. The normalized spacial score (nSPS) is 36.7. The summed E-state index contributed by atoms with van der Waals surface area (Å²) >= 11 is 0. The van der Waals surface area contributed by atoms with E-state index in [1.165, 1.54) is 6.92 Å². The number of phenolic OH excluding ortho intramolecular Hbond substituents is 3. The van der Waals surface area contributed by atoms with Crippen molar-refractivity contribution in [1.29, 1.82) is 0 Å². The Morgan fingerprint density at radius 1 is 0.691 bits per heavy atom. The van der Waals surface area contributed by atoms with E-state index in [9.17, 15) is 76.0 Å². The van der Waals surface area contributed by atoms with E-state index in [-0.39, 0.29) is 5.56 Å². The Labute approximate surface area is 307 Å². The molecule has 6 rings (SSSR count). The van der Waals surface area contributed by atoms with Crippen molar-refractivity contribution in [3.8, 4) is 40.1 Å². The number of phenols is 3. The van der Waals surface area contributed by atoms with E-state index in [2.05, 4.69) is 0 Å². The number of ether oxygens (including phenoxy) is 6. The highest BCUT2D eigenvalue weighted by Gasteiger charge is 2.49. The Kier molecular flexibility index (Phi) is 11.4. The van der Waals surface area contributed by atoms with Crippen molar-refractivity contribution in [2.24, 2.45) is 0 Å². The molecule has 0 bridgehead atoms. The van der Waals surface area contributed by atoms with Gasteiger partial charge in [-0.1, -0.05) is 0 Å². The standard InChI is InChI=1S/C33H38O22/c1-8-17(37)20(40)24(44)31(50-8)49-7-15-18(38)21(41)25(45)33(53-15)54-28-19(39)16-12(36)5-10(34)6-14(16)51-27(28)9-2-3-11(35)13(4-9)52-32-26(46)22(42)23(43)29(55-32)30(47)48/h2-6,8,15,17-18,20-26,29,31-38,40-46H,7H2,1H3,(H,47,48)/t8-,15+,17-,18+,20+,21-,22-,23-,24+,25+,26+,29-,31+,32+,33-/m0/s1. The summed E-state index contributed by atoms with van der Waals surface area (Å²) in [6.07, 6.45) is -27.3. The van der Waals surface area contributed by atoms with Crippen LogP contribution in [0.3, 0.4) is 0 Å². The highest BCUT2D eigenvalue weighted by atomic mass is 16.7. The number of aliphatic hydroxyl groups excluding tert-OH is 9. The van der Waals surface area contributed by atoms with E-state index >= 15 is 0 Å². The minimum absolute atomic E-state index is 0.214. The Hall–Kier alpha value is -4.40. The summed E-state index contributed by atoms with van der Waals surface area (Å²) in [7, 11) is 0. The lowest BCUT2D eigenvalue weighted by Gasteiger charge is -2.42. The Morgan fingerprint density at radius 3 is 1.98 bits per heavy atom. The minimum atomic E-state index is -2.09. The summed E-state index contributed by atoms with van der Waals surface area (Å²) in [5, 5.41) is 133. The second-order valence-corrected chi connectivity index (χ2v) is 13.1. The van der Waals surface area contributed by atoms with E-state index < -0.39 is 156 Å². The van der Waals surface area contributed by atoms with Crippen LogP contribution in [0.5, 0.6) is 28.7 Å². The van der Waals surface area contributed by atoms with E-state index in [0.717, 1.165) is 30.3 Å². The summed E-state index contributed by atoms with van der Waals surface area (Å²) in [6, 6.07) is 4.83. The van der Waals surface area contributed by atoms with Crippen LogP contribution < -0.4 is 14.9 Å². The van der Waals surface area contributed by atoms with Crippen molar-refractivity contribution in [3.63, 3.8) is 0 Å². The molecule has 3 aromatic rings. The lowest BCUT2D eigenvalue weighted by atomic mass is 9.98. The van der Waals surface area contributed by atoms with Crippen LogP contribution in [0.1, 0.15) is 6.92 Å². The first kappa shape index (κ1) is 40.3. The number of aromatic hydroxyl groups is 3. The number of rotatable bonds is 9. The fourth-order valence-electron chi connectivity index (χ4n) is 6.20. The second-order valence-electron chi connectivity index (χ2n) is 13.1. The molecular formula is C33H38O22. The fraction of sp³-hybridized carbons (Fsp3) is 0.515. The van der Waals surface area contributed by atoms with Crippen LogP contribution in [0.25, 0.3) is 22.3 Å². The van der Waals surface area contributed by atoms with Gasteiger partial charge in [-0.05, 0) is 25.1 Å². The lowest BCUT2D eigenvalue weighted by molar-refractivity contribution is -0.318. The Balaban J connectivity index is 1.34. The van der Waals surface area contributed by atoms with Gasteiger partial charge in [0, 0.05) is 17.7 Å². The van der Waals surface area contributed by atoms with E-state index in [1.54, 1.807) is 0 Å². The van der Waals surface area contributed by atoms with Crippen LogP contribution >= 0.6 is 0 Å². The van der Waals surface area contributed by atoms with Gasteiger partial charge in [0.25, 0.3) is 0 Å². The van der Waals surface area contributed by atoms with Crippen molar-refractivity contribution < 1.29 is 104 Å². The minimum Gasteiger partial charge on any atom is -0.508 e. The molecule has 22 heteroatoms. The monoisotopic (exact) mass is 786 g/mol. The number of benzene rings is 2. The molecule has 15 atom stereocenters. The quantitative estimate of drug-likeness (QED) is 0.0979. The van der Waals surface area contributed by atoms with Gasteiger partial charge < -0.3 is 99.2 Å². The van der Waals surface area contributed by atoms with E-state index in [1.807, 2.05) is 0 Å². The molecule has 0 unspecified atom stereocenters. The van der Waals surface area contributed by atoms with Gasteiger partial charge in [-0.25, -0.2) is 4.79 Å². The smallest absolute Gasteiger partial charge is 0.335 e. The predicted molar refractivity (Wildman–Crippen MR) is 173 cm³/mol. The van der Waals surface area contributed by atoms with E-state index in [4.69, 9.17) is 32.8 Å². The van der Waals surface area contributed by atoms with Gasteiger partial charge in [0.2, 0.25) is 23.8 Å². The number of carbonyl (C=O) groups is 1. The third-order valence-electron chi connectivity index (χ3n) is 9.33. The van der Waals surface area contributed by atoms with Gasteiger partial charge in [-0.2, -0.15) is 0 Å². The molecule has 55 heavy (non-hydrogen) atoms. The number of aliphatic carboxylic acids is 1. The number of aliphatic hydroxyl groups is 9. The van der Waals surface area contributed by atoms with Crippen molar-refractivity contribution in [1.82, 2.24) is 0 Å². The van der Waals surface area contributed by atoms with Gasteiger partial charge in [0.15, 0.2) is 29.7 Å². The summed E-state index contributed by atoms with van der Waals surface area (Å²) in [6.45, 7) is 0.697. The summed E-state index contributed by atoms with van der Waals surface area (Å²) in [5.74, 6) is -5.70. The second kappa shape index (κ2) is 15.6. The van der Waals surface area contributed by atoms with Gasteiger partial charge in [-0.15, -0.1) is 0 Å². The number of fused-ring (bicyclic) bond motifs is 1. The number of hydrogen-bond acceptors (Lipinski definition) is 21. The third kappa shape index (κ3) is 7.60. The molecule has 3 saturated heterocycles. The van der Waals surface area contributed by atoms with Crippen LogP contribution in [0.15, 0.2) is 39.5 Å². The number of carboxylic acids is 1. The summed E-state index contributed by atoms with van der Waals surface area (Å²) < 4.78 is 38.7. The molecule has 3 aliphatic rings. The first-order chi connectivity index (χ1) is 25.9. The maximum atomic E-state index is 14.0. The highest BCUT2D eigenvalue weighted by molar-refractivity contribution is 5.88. The molecule has 13 N–H and O–H groups in total. The highest BCUT2D eigenvalue weighted by Crippen LogP contribution is 2.41. The van der Waals surface area contributed by atoms with Crippen molar-refractivity contribution in [3.05, 3.63) is 40.6 Å². The molecule has 22 nitrogen and oxygen atoms in total. The molecule has 0 saturated carbocycles. The zero-order valence-corrected chi connectivity index (χ0v) is 28.2. The average molecular weight is 787 g/mol. The van der Waals surface area contributed by atoms with Crippen LogP contribution in [-0.4, -0.2) is 171 Å². The lowest BCUT2D eigenvalue weighted by Crippen LogP contribution is -2.61. The first-order valence-electron chi connectivity index (χ1n) is 16.5. The van der Waals surface area contributed by atoms with Crippen LogP contribution in [-0.2, 0) is 23.7 Å². The zero-order chi connectivity index (χ0) is 40.2. The molecule has 1 aromatic heterocycles. The molecule has 3 fully saturated rings. The number of hydrogen-bond donors (Lipinski definition) is 13. The molecule has 0 spiro atoms. The van der Waals surface area contributed by atoms with Gasteiger partial charge in [-0.3, -0.25) is 4.79 Å². The molecule has 0 aliphatic carbocycles. The number of carboxylic acid groups (broad SMARTS) is 1. The van der Waals surface area contributed by atoms with Crippen molar-refractivity contribution in [2.75, 3.05) is 6.61 Å². The largest absolute Gasteiger partial charge is 0.508 e. The van der Waals surface area contributed by atoms with Crippen LogP contribution in [0.4, 0.5) is 0 Å². The maximum absolute atomic E-state index is 14.0. The summed E-state index contributed by atoms with van der Waals surface area (Å²) in [4.78, 5) is 25.5. The molecule has 0 amide bonds. The maximum Gasteiger partial charge on any atom is 0.335 e. The fourth-order valence-corrected chi connectivity index (χ4v) is 6.20. The third-order valence-corrected chi connectivity index (χ3v) is 9.33.